The van der Waals surface area contributed by atoms with E-state index >= 15 is 0 Å². The van der Waals surface area contributed by atoms with Crippen LogP contribution in [-0.2, 0) is 15.1 Å². The predicted octanol–water partition coefficient (Wildman–Crippen LogP) is 3.92. The SMILES string of the molecule is CC(C)(C)c1ccc2c(c1)[C@@H]1[C@]3(C)S[C@@](c4ccccc4)(NC3=O)[C@]1([N+](=O)[O-])O2. The molecule has 2 aromatic carbocycles. The maximum absolute atomic E-state index is 13.1. The summed E-state index contributed by atoms with van der Waals surface area (Å²) in [5.74, 6) is -0.393. The molecule has 0 spiro atoms. The highest BCUT2D eigenvalue weighted by atomic mass is 32.2. The van der Waals surface area contributed by atoms with Crippen LogP contribution in [-0.4, -0.2) is 21.3 Å². The summed E-state index contributed by atoms with van der Waals surface area (Å²) in [5, 5.41) is 15.6. The molecule has 4 atom stereocenters. The molecule has 0 aliphatic carbocycles. The summed E-state index contributed by atoms with van der Waals surface area (Å²) in [6.07, 6.45) is 0. The third-order valence-electron chi connectivity index (χ3n) is 6.46. The van der Waals surface area contributed by atoms with Gasteiger partial charge >= 0.3 is 5.72 Å². The second kappa shape index (κ2) is 5.33. The monoisotopic (exact) mass is 410 g/mol. The molecular formula is C22H22N2O4S. The lowest BCUT2D eigenvalue weighted by Crippen LogP contribution is -2.68. The van der Waals surface area contributed by atoms with E-state index in [1.54, 1.807) is 6.92 Å². The second-order valence-corrected chi connectivity index (χ2v) is 10.9. The highest BCUT2D eigenvalue weighted by molar-refractivity contribution is 8.03. The topological polar surface area (TPSA) is 81.5 Å². The first kappa shape index (κ1) is 18.5. The first-order valence-corrected chi connectivity index (χ1v) is 10.4. The number of hydrogen-bond acceptors (Lipinski definition) is 5. The number of nitro groups is 1. The van der Waals surface area contributed by atoms with E-state index in [0.717, 1.165) is 11.1 Å². The minimum atomic E-state index is -1.81. The predicted molar refractivity (Wildman–Crippen MR) is 110 cm³/mol. The van der Waals surface area contributed by atoms with Crippen molar-refractivity contribution in [3.63, 3.8) is 0 Å². The number of carbonyl (C=O) groups excluding carboxylic acids is 1. The van der Waals surface area contributed by atoms with Crippen LogP contribution in [0.3, 0.4) is 0 Å². The van der Waals surface area contributed by atoms with Crippen molar-refractivity contribution in [1.29, 1.82) is 0 Å². The fourth-order valence-corrected chi connectivity index (χ4v) is 6.99. The van der Waals surface area contributed by atoms with Gasteiger partial charge < -0.3 is 10.1 Å². The van der Waals surface area contributed by atoms with E-state index in [0.29, 0.717) is 11.3 Å². The lowest BCUT2D eigenvalue weighted by atomic mass is 9.71. The van der Waals surface area contributed by atoms with Gasteiger partial charge in [0, 0.05) is 5.56 Å². The number of fused-ring (bicyclic) bond motifs is 7. The molecule has 0 saturated carbocycles. The Labute approximate surface area is 173 Å². The molecule has 29 heavy (non-hydrogen) atoms. The Morgan fingerprint density at radius 2 is 1.86 bits per heavy atom. The number of hydrogen-bond donors (Lipinski definition) is 1. The zero-order chi connectivity index (χ0) is 20.8. The molecule has 1 amide bonds. The summed E-state index contributed by atoms with van der Waals surface area (Å²) in [7, 11) is 0. The number of thioether (sulfide) groups is 1. The fourth-order valence-electron chi connectivity index (χ4n) is 5.02. The summed E-state index contributed by atoms with van der Waals surface area (Å²) in [6, 6.07) is 14.9. The van der Waals surface area contributed by atoms with Gasteiger partial charge in [0.15, 0.2) is 0 Å². The van der Waals surface area contributed by atoms with Crippen molar-refractivity contribution in [1.82, 2.24) is 5.32 Å². The molecule has 2 saturated heterocycles. The van der Waals surface area contributed by atoms with Crippen LogP contribution in [0.5, 0.6) is 5.75 Å². The van der Waals surface area contributed by atoms with E-state index in [2.05, 4.69) is 26.1 Å². The highest BCUT2D eigenvalue weighted by Gasteiger charge is 2.89. The molecule has 0 aromatic heterocycles. The van der Waals surface area contributed by atoms with E-state index in [-0.39, 0.29) is 16.2 Å². The lowest BCUT2D eigenvalue weighted by Gasteiger charge is -2.39. The van der Waals surface area contributed by atoms with Crippen LogP contribution >= 0.6 is 11.8 Å². The van der Waals surface area contributed by atoms with Crippen LogP contribution in [0.4, 0.5) is 0 Å². The third-order valence-corrected chi connectivity index (χ3v) is 8.24. The van der Waals surface area contributed by atoms with Crippen molar-refractivity contribution in [3.8, 4) is 5.75 Å². The number of piperidine rings is 1. The smallest absolute Gasteiger partial charge is 0.408 e. The Hall–Kier alpha value is -2.54. The molecule has 5 rings (SSSR count). The fraction of sp³-hybridized carbons (Fsp3) is 0.409. The van der Waals surface area contributed by atoms with Crippen molar-refractivity contribution in [2.24, 2.45) is 0 Å². The molecule has 150 valence electrons. The van der Waals surface area contributed by atoms with Crippen molar-refractivity contribution in [2.45, 2.75) is 54.4 Å². The Balaban J connectivity index is 1.80. The molecular weight excluding hydrogens is 388 g/mol. The molecule has 6 nitrogen and oxygen atoms in total. The quantitative estimate of drug-likeness (QED) is 0.599. The molecule has 2 bridgehead atoms. The summed E-state index contributed by atoms with van der Waals surface area (Å²) in [4.78, 5) is 24.2. The van der Waals surface area contributed by atoms with E-state index in [4.69, 9.17) is 4.74 Å². The van der Waals surface area contributed by atoms with E-state index < -0.39 is 21.3 Å². The normalized spacial score (nSPS) is 34.3. The van der Waals surface area contributed by atoms with Gasteiger partial charge in [0.05, 0.1) is 4.92 Å². The summed E-state index contributed by atoms with van der Waals surface area (Å²) < 4.78 is 5.21. The van der Waals surface area contributed by atoms with Crippen LogP contribution < -0.4 is 10.1 Å². The van der Waals surface area contributed by atoms with Crippen molar-refractivity contribution >= 4 is 17.7 Å². The average Bonchev–Trinajstić information content (AvgIpc) is 3.23. The summed E-state index contributed by atoms with van der Waals surface area (Å²) in [5.41, 5.74) is 0.548. The Morgan fingerprint density at radius 1 is 1.17 bits per heavy atom. The first-order chi connectivity index (χ1) is 13.6. The van der Waals surface area contributed by atoms with Gasteiger partial charge in [0.1, 0.15) is 16.4 Å². The van der Waals surface area contributed by atoms with Gasteiger partial charge in [-0.05, 0) is 29.5 Å². The van der Waals surface area contributed by atoms with Gasteiger partial charge in [-0.2, -0.15) is 0 Å². The maximum atomic E-state index is 13.1. The zero-order valence-corrected chi connectivity index (χ0v) is 17.5. The number of carbonyl (C=O) groups is 1. The van der Waals surface area contributed by atoms with Gasteiger partial charge in [-0.1, -0.05) is 75.0 Å². The van der Waals surface area contributed by atoms with E-state index in [1.165, 1.54) is 11.8 Å². The number of rotatable bonds is 2. The van der Waals surface area contributed by atoms with Gasteiger partial charge in [-0.25, -0.2) is 0 Å². The molecule has 0 unspecified atom stereocenters. The summed E-state index contributed by atoms with van der Waals surface area (Å²) >= 11 is 1.31. The van der Waals surface area contributed by atoms with Gasteiger partial charge in [-0.15, -0.1) is 0 Å². The average molecular weight is 410 g/mol. The highest BCUT2D eigenvalue weighted by Crippen LogP contribution is 2.74. The second-order valence-electron chi connectivity index (χ2n) is 9.20. The molecule has 0 radical (unpaired) electrons. The third kappa shape index (κ3) is 2.01. The standard InChI is InChI=1S/C22H22N2O4S/c1-19(2,3)14-10-11-16-15(12-14)17-20(4)18(25)23-21(29-20,13-8-6-5-7-9-13)22(17,28-16)24(26)27/h5-12,17H,1-4H3,(H,23,25)/t17-,20+,21-,22-/m1/s1. The number of amides is 1. The van der Waals surface area contributed by atoms with E-state index in [1.807, 2.05) is 48.5 Å². The van der Waals surface area contributed by atoms with Crippen molar-refractivity contribution < 1.29 is 14.5 Å². The Bertz CT molecular complexity index is 1070. The number of nitrogens with zero attached hydrogens (tertiary/aromatic N) is 1. The number of nitrogens with one attached hydrogen (secondary N) is 1. The molecule has 3 heterocycles. The maximum Gasteiger partial charge on any atom is 0.408 e. The Morgan fingerprint density at radius 3 is 2.48 bits per heavy atom. The summed E-state index contributed by atoms with van der Waals surface area (Å²) in [6.45, 7) is 8.10. The molecule has 7 heteroatoms. The number of ether oxygens (including phenoxy) is 1. The Kier molecular flexibility index (Phi) is 3.40. The minimum Gasteiger partial charge on any atom is -0.424 e. The van der Waals surface area contributed by atoms with Crippen LogP contribution in [0.25, 0.3) is 0 Å². The minimum absolute atomic E-state index is 0.125. The van der Waals surface area contributed by atoms with Gasteiger partial charge in [0.25, 0.3) is 0 Å². The first-order valence-electron chi connectivity index (χ1n) is 9.62. The number of benzene rings is 2. The molecule has 2 aromatic rings. The lowest BCUT2D eigenvalue weighted by molar-refractivity contribution is -0.627. The van der Waals surface area contributed by atoms with Crippen molar-refractivity contribution in [2.75, 3.05) is 0 Å². The van der Waals surface area contributed by atoms with Crippen molar-refractivity contribution in [3.05, 3.63) is 75.3 Å². The largest absolute Gasteiger partial charge is 0.424 e. The van der Waals surface area contributed by atoms with Gasteiger partial charge in [-0.3, -0.25) is 14.9 Å². The van der Waals surface area contributed by atoms with Crippen LogP contribution in [0, 0.1) is 10.1 Å². The van der Waals surface area contributed by atoms with Crippen LogP contribution in [0.15, 0.2) is 48.5 Å². The van der Waals surface area contributed by atoms with E-state index in [9.17, 15) is 14.9 Å². The van der Waals surface area contributed by atoms with Crippen LogP contribution in [0.2, 0.25) is 0 Å². The van der Waals surface area contributed by atoms with Crippen LogP contribution in [0.1, 0.15) is 50.3 Å². The van der Waals surface area contributed by atoms with Gasteiger partial charge in [0.2, 0.25) is 10.8 Å². The molecule has 3 aliphatic rings. The molecule has 1 N–H and O–H groups in total. The molecule has 2 fully saturated rings. The molecule has 3 aliphatic heterocycles. The zero-order valence-electron chi connectivity index (χ0n) is 16.7.